The highest BCUT2D eigenvalue weighted by molar-refractivity contribution is 5.98. The van der Waals surface area contributed by atoms with Crippen molar-refractivity contribution in [2.75, 3.05) is 20.3 Å². The second-order valence-corrected chi connectivity index (χ2v) is 10.8. The molecule has 1 N–H and O–H groups in total. The van der Waals surface area contributed by atoms with Crippen molar-refractivity contribution in [3.05, 3.63) is 58.2 Å². The number of hydrogen-bond acceptors (Lipinski definition) is 5. The van der Waals surface area contributed by atoms with E-state index in [1.807, 2.05) is 37.5 Å². The number of methoxy groups -OCH3 is 1. The fourth-order valence-corrected chi connectivity index (χ4v) is 7.69. The molecule has 0 radical (unpaired) electrons. The molecule has 5 nitrogen and oxygen atoms in total. The van der Waals surface area contributed by atoms with Crippen LogP contribution in [0, 0.1) is 17.3 Å². The van der Waals surface area contributed by atoms with Crippen LogP contribution >= 0.6 is 0 Å². The zero-order valence-electron chi connectivity index (χ0n) is 20.7. The molecule has 182 valence electrons. The topological polar surface area (TPSA) is 68.1 Å². The number of rotatable bonds is 6. The Morgan fingerprint density at radius 2 is 1.97 bits per heavy atom. The van der Waals surface area contributed by atoms with Gasteiger partial charge in [0.25, 0.3) is 0 Å². The normalized spacial score (nSPS) is 35.2. The fourth-order valence-electron chi connectivity index (χ4n) is 7.69. The molecule has 4 aliphatic rings. The van der Waals surface area contributed by atoms with Crippen molar-refractivity contribution in [3.8, 4) is 0 Å². The van der Waals surface area contributed by atoms with Crippen molar-refractivity contribution in [2.45, 2.75) is 70.3 Å². The van der Waals surface area contributed by atoms with Crippen LogP contribution in [0.4, 0.5) is 0 Å². The number of benzene rings is 1. The largest absolute Gasteiger partial charge is 0.411 e. The Hall–Kier alpha value is -2.24. The molecule has 5 atom stereocenters. The van der Waals surface area contributed by atoms with Gasteiger partial charge >= 0.3 is 0 Å². The molecule has 1 unspecified atom stereocenters. The van der Waals surface area contributed by atoms with Gasteiger partial charge in [0.1, 0.15) is 0 Å². The van der Waals surface area contributed by atoms with Gasteiger partial charge in [-0.1, -0.05) is 41.9 Å². The van der Waals surface area contributed by atoms with Gasteiger partial charge in [0, 0.05) is 19.1 Å². The first kappa shape index (κ1) is 23.5. The minimum atomic E-state index is -0.190. The van der Waals surface area contributed by atoms with Crippen molar-refractivity contribution in [1.82, 2.24) is 0 Å². The number of ketones is 1. The maximum absolute atomic E-state index is 13.1. The number of allylic oxidation sites excluding steroid dienone is 4. The van der Waals surface area contributed by atoms with Gasteiger partial charge < -0.3 is 14.7 Å². The van der Waals surface area contributed by atoms with Crippen LogP contribution in [0.3, 0.4) is 0 Å². The van der Waals surface area contributed by atoms with Crippen LogP contribution in [0.5, 0.6) is 0 Å². The maximum atomic E-state index is 13.1. The molecule has 0 heterocycles. The molecule has 0 aromatic heterocycles. The van der Waals surface area contributed by atoms with Gasteiger partial charge in [0.2, 0.25) is 0 Å². The van der Waals surface area contributed by atoms with Gasteiger partial charge in [-0.3, -0.25) is 4.79 Å². The maximum Gasteiger partial charge on any atom is 0.163 e. The highest BCUT2D eigenvalue weighted by atomic mass is 16.5. The first-order chi connectivity index (χ1) is 16.5. The van der Waals surface area contributed by atoms with Crippen LogP contribution in [-0.2, 0) is 14.3 Å². The summed E-state index contributed by atoms with van der Waals surface area (Å²) in [5.41, 5.74) is 6.17. The van der Waals surface area contributed by atoms with E-state index in [4.69, 9.17) is 14.7 Å². The Morgan fingerprint density at radius 3 is 2.68 bits per heavy atom. The van der Waals surface area contributed by atoms with Crippen LogP contribution < -0.4 is 0 Å². The van der Waals surface area contributed by atoms with Gasteiger partial charge in [-0.25, -0.2) is 0 Å². The first-order valence-electron chi connectivity index (χ1n) is 12.8. The van der Waals surface area contributed by atoms with E-state index in [0.717, 1.165) is 56.3 Å². The average molecular weight is 464 g/mol. The number of carbonyl (C=O) groups excluding carboxylic acids is 1. The lowest BCUT2D eigenvalue weighted by Crippen LogP contribution is -2.53. The van der Waals surface area contributed by atoms with Crippen LogP contribution in [0.2, 0.25) is 0 Å². The molecule has 0 spiro atoms. The van der Waals surface area contributed by atoms with Gasteiger partial charge in [-0.2, -0.15) is 0 Å². The van der Waals surface area contributed by atoms with Crippen molar-refractivity contribution in [1.29, 1.82) is 0 Å². The molecule has 1 aromatic carbocycles. The fraction of sp³-hybridized carbons (Fsp3) is 0.586. The summed E-state index contributed by atoms with van der Waals surface area (Å²) < 4.78 is 12.2. The molecular formula is C29H37NO4. The Bertz CT molecular complexity index is 1040. The van der Waals surface area contributed by atoms with E-state index >= 15 is 0 Å². The number of hydrogen-bond donors (Lipinski definition) is 1. The summed E-state index contributed by atoms with van der Waals surface area (Å²) in [6.07, 6.45) is 10.8. The summed E-state index contributed by atoms with van der Waals surface area (Å²) >= 11 is 0. The molecule has 34 heavy (non-hydrogen) atoms. The average Bonchev–Trinajstić information content (AvgIpc) is 3.15. The van der Waals surface area contributed by atoms with Gasteiger partial charge in [-0.05, 0) is 92.1 Å². The van der Waals surface area contributed by atoms with Crippen molar-refractivity contribution < 1.29 is 19.5 Å². The van der Waals surface area contributed by atoms with Crippen LogP contribution in [0.15, 0.2) is 52.2 Å². The SMILES string of the molecule is CCOC[C@]1(OC)CC[C@H]2[C@@H]3CCC4=CC(=O)C(c5ccc(C=NO)cc5)CC4=C3CC[C@@]21C. The summed E-state index contributed by atoms with van der Waals surface area (Å²) in [6.45, 7) is 5.92. The molecule has 0 amide bonds. The molecule has 4 aliphatic carbocycles. The molecule has 2 fully saturated rings. The number of ether oxygens (including phenoxy) is 2. The zero-order valence-corrected chi connectivity index (χ0v) is 20.7. The quantitative estimate of drug-likeness (QED) is 0.328. The van der Waals surface area contributed by atoms with Crippen LogP contribution in [-0.4, -0.2) is 43.1 Å². The molecule has 2 saturated carbocycles. The Morgan fingerprint density at radius 1 is 1.18 bits per heavy atom. The zero-order chi connectivity index (χ0) is 23.9. The van der Waals surface area contributed by atoms with Crippen LogP contribution in [0.25, 0.3) is 0 Å². The number of nitrogens with zero attached hydrogens (tertiary/aromatic N) is 1. The molecule has 5 rings (SSSR count). The lowest BCUT2D eigenvalue weighted by molar-refractivity contribution is -0.152. The van der Waals surface area contributed by atoms with E-state index in [9.17, 15) is 4.79 Å². The van der Waals surface area contributed by atoms with E-state index in [-0.39, 0.29) is 22.7 Å². The predicted octanol–water partition coefficient (Wildman–Crippen LogP) is 5.82. The summed E-state index contributed by atoms with van der Waals surface area (Å²) in [5.74, 6) is 1.29. The Labute approximate surface area is 202 Å². The summed E-state index contributed by atoms with van der Waals surface area (Å²) in [5, 5.41) is 11.9. The van der Waals surface area contributed by atoms with E-state index in [1.165, 1.54) is 23.8 Å². The first-order valence-corrected chi connectivity index (χ1v) is 12.8. The molecule has 5 heteroatoms. The second-order valence-electron chi connectivity index (χ2n) is 10.8. The highest BCUT2D eigenvalue weighted by Gasteiger charge is 2.62. The summed E-state index contributed by atoms with van der Waals surface area (Å²) in [4.78, 5) is 13.1. The lowest BCUT2D eigenvalue weighted by Gasteiger charge is -2.53. The third-order valence-corrected chi connectivity index (χ3v) is 9.61. The van der Waals surface area contributed by atoms with E-state index in [1.54, 1.807) is 5.57 Å². The second kappa shape index (κ2) is 9.09. The van der Waals surface area contributed by atoms with Gasteiger partial charge in [0.15, 0.2) is 5.78 Å². The number of fused-ring (bicyclic) bond motifs is 4. The van der Waals surface area contributed by atoms with E-state index in [0.29, 0.717) is 18.4 Å². The van der Waals surface area contributed by atoms with Crippen molar-refractivity contribution in [3.63, 3.8) is 0 Å². The van der Waals surface area contributed by atoms with E-state index < -0.39 is 0 Å². The number of carbonyl (C=O) groups is 1. The Balaban J connectivity index is 1.45. The highest BCUT2D eigenvalue weighted by Crippen LogP contribution is 2.64. The minimum absolute atomic E-state index is 0.126. The summed E-state index contributed by atoms with van der Waals surface area (Å²) in [7, 11) is 1.87. The monoisotopic (exact) mass is 463 g/mol. The predicted molar refractivity (Wildman–Crippen MR) is 132 cm³/mol. The molecule has 0 saturated heterocycles. The lowest BCUT2D eigenvalue weighted by atomic mass is 9.54. The molecule has 0 bridgehead atoms. The molecule has 0 aliphatic heterocycles. The smallest absolute Gasteiger partial charge is 0.163 e. The molecule has 1 aromatic rings. The minimum Gasteiger partial charge on any atom is -0.411 e. The van der Waals surface area contributed by atoms with Crippen LogP contribution in [0.1, 0.15) is 75.8 Å². The van der Waals surface area contributed by atoms with E-state index in [2.05, 4.69) is 19.0 Å². The summed E-state index contributed by atoms with van der Waals surface area (Å²) in [6, 6.07) is 7.83. The third-order valence-electron chi connectivity index (χ3n) is 9.61. The number of oxime groups is 1. The molecular weight excluding hydrogens is 426 g/mol. The van der Waals surface area contributed by atoms with Gasteiger partial charge in [0.05, 0.1) is 24.3 Å². The van der Waals surface area contributed by atoms with Crippen molar-refractivity contribution in [2.24, 2.45) is 22.4 Å². The standard InChI is InChI=1S/C29H37NO4/c1-4-34-18-29(33-3)14-12-26-23-10-9-21-15-27(31)25(20-7-5-19(6-8-20)17-30-32)16-24(21)22(23)11-13-28(26,29)2/h5-8,15,17,23,25-26,32H,4,9-14,16,18H2,1-3H3/t23-,25?,26+,28+,29-/m1/s1. The third kappa shape index (κ3) is 3.59. The van der Waals surface area contributed by atoms with Gasteiger partial charge in [-0.15, -0.1) is 0 Å². The van der Waals surface area contributed by atoms with Crippen molar-refractivity contribution >= 4 is 12.0 Å². The Kier molecular flexibility index (Phi) is 6.28.